The van der Waals surface area contributed by atoms with Crippen molar-refractivity contribution in [3.8, 4) is 11.5 Å². The van der Waals surface area contributed by atoms with Gasteiger partial charge in [-0.2, -0.15) is 0 Å². The van der Waals surface area contributed by atoms with E-state index in [9.17, 15) is 0 Å². The lowest BCUT2D eigenvalue weighted by atomic mass is 10.1. The fourth-order valence-corrected chi connectivity index (χ4v) is 3.41. The van der Waals surface area contributed by atoms with Crippen molar-refractivity contribution in [2.45, 2.75) is 46.6 Å². The van der Waals surface area contributed by atoms with Gasteiger partial charge in [-0.05, 0) is 58.0 Å². The first-order chi connectivity index (χ1) is 12.5. The summed E-state index contributed by atoms with van der Waals surface area (Å²) in [6, 6.07) is 4.36. The van der Waals surface area contributed by atoms with Crippen LogP contribution in [0.25, 0.3) is 10.9 Å². The van der Waals surface area contributed by atoms with Crippen molar-refractivity contribution in [1.29, 1.82) is 0 Å². The molecule has 0 spiro atoms. The van der Waals surface area contributed by atoms with Crippen molar-refractivity contribution in [2.75, 3.05) is 39.2 Å². The zero-order valence-corrected chi connectivity index (χ0v) is 17.1. The van der Waals surface area contributed by atoms with Gasteiger partial charge >= 0.3 is 0 Å². The van der Waals surface area contributed by atoms with Crippen LogP contribution >= 0.6 is 0 Å². The molecule has 0 aliphatic carbocycles. The summed E-state index contributed by atoms with van der Waals surface area (Å²) in [6.07, 6.45) is 4.08. The summed E-state index contributed by atoms with van der Waals surface area (Å²) in [5.74, 6) is 1.60. The van der Waals surface area contributed by atoms with Gasteiger partial charge < -0.3 is 19.7 Å². The van der Waals surface area contributed by atoms with E-state index in [0.29, 0.717) is 6.04 Å². The van der Waals surface area contributed by atoms with Crippen LogP contribution in [0.15, 0.2) is 18.3 Å². The average molecular weight is 360 g/mol. The molecule has 1 N–H and O–H groups in total. The maximum atomic E-state index is 5.70. The Bertz CT molecular complexity index is 714. The van der Waals surface area contributed by atoms with E-state index in [-0.39, 0.29) is 0 Å². The van der Waals surface area contributed by atoms with Gasteiger partial charge in [0.15, 0.2) is 5.75 Å². The van der Waals surface area contributed by atoms with Crippen molar-refractivity contribution in [3.05, 3.63) is 23.9 Å². The molecular weight excluding hydrogens is 326 g/mol. The average Bonchev–Trinajstić information content (AvgIpc) is 2.64. The van der Waals surface area contributed by atoms with Crippen molar-refractivity contribution < 1.29 is 9.47 Å². The molecule has 0 bridgehead atoms. The molecule has 144 valence electrons. The van der Waals surface area contributed by atoms with Crippen LogP contribution in [0, 0.1) is 6.92 Å². The number of anilines is 1. The van der Waals surface area contributed by atoms with E-state index in [1.165, 1.54) is 6.42 Å². The largest absolute Gasteiger partial charge is 0.496 e. The highest BCUT2D eigenvalue weighted by Crippen LogP contribution is 2.40. The zero-order chi connectivity index (χ0) is 19.1. The molecule has 0 fully saturated rings. The molecule has 2 rings (SSSR count). The van der Waals surface area contributed by atoms with Crippen molar-refractivity contribution in [3.63, 3.8) is 0 Å². The predicted molar refractivity (Wildman–Crippen MR) is 110 cm³/mol. The van der Waals surface area contributed by atoms with E-state index in [0.717, 1.165) is 59.7 Å². The number of aryl methyl sites for hydroxylation is 1. The van der Waals surface area contributed by atoms with Gasteiger partial charge in [-0.25, -0.2) is 0 Å². The number of pyridine rings is 1. The van der Waals surface area contributed by atoms with Gasteiger partial charge in [0, 0.05) is 23.7 Å². The Hall–Kier alpha value is -2.01. The number of nitrogens with one attached hydrogen (secondary N) is 1. The summed E-state index contributed by atoms with van der Waals surface area (Å²) >= 11 is 0. The van der Waals surface area contributed by atoms with E-state index in [1.54, 1.807) is 14.2 Å². The van der Waals surface area contributed by atoms with Crippen LogP contribution in [0.3, 0.4) is 0 Å². The molecule has 1 aromatic heterocycles. The number of aromatic nitrogens is 1. The Balaban J connectivity index is 2.21. The number of rotatable bonds is 10. The minimum Gasteiger partial charge on any atom is -0.496 e. The Morgan fingerprint density at radius 3 is 2.54 bits per heavy atom. The fraction of sp³-hybridized carbons (Fsp3) is 0.571. The van der Waals surface area contributed by atoms with E-state index >= 15 is 0 Å². The third-order valence-electron chi connectivity index (χ3n) is 4.97. The highest BCUT2D eigenvalue weighted by molar-refractivity contribution is 5.97. The first-order valence-corrected chi connectivity index (χ1v) is 9.54. The van der Waals surface area contributed by atoms with Crippen LogP contribution < -0.4 is 14.8 Å². The molecule has 1 heterocycles. The molecule has 1 atom stereocenters. The highest BCUT2D eigenvalue weighted by atomic mass is 16.5. The maximum absolute atomic E-state index is 5.70. The Morgan fingerprint density at radius 2 is 1.92 bits per heavy atom. The number of nitrogens with zero attached hydrogens (tertiary/aromatic N) is 2. The van der Waals surface area contributed by atoms with Crippen LogP contribution in [0.5, 0.6) is 11.5 Å². The lowest BCUT2D eigenvalue weighted by Crippen LogP contribution is -2.25. The molecule has 1 unspecified atom stereocenters. The first-order valence-electron chi connectivity index (χ1n) is 9.54. The number of hydrogen-bond donors (Lipinski definition) is 1. The van der Waals surface area contributed by atoms with Crippen LogP contribution in [-0.2, 0) is 0 Å². The maximum Gasteiger partial charge on any atom is 0.168 e. The monoisotopic (exact) mass is 359 g/mol. The van der Waals surface area contributed by atoms with Crippen LogP contribution in [0.2, 0.25) is 0 Å². The van der Waals surface area contributed by atoms with Gasteiger partial charge in [0.25, 0.3) is 0 Å². The lowest BCUT2D eigenvalue weighted by Gasteiger charge is -2.22. The molecule has 0 saturated heterocycles. The molecule has 0 aliphatic rings. The third kappa shape index (κ3) is 4.58. The number of benzene rings is 1. The highest BCUT2D eigenvalue weighted by Gasteiger charge is 2.17. The van der Waals surface area contributed by atoms with Gasteiger partial charge in [0.1, 0.15) is 11.3 Å². The summed E-state index contributed by atoms with van der Waals surface area (Å²) < 4.78 is 11.3. The van der Waals surface area contributed by atoms with Crippen LogP contribution in [0.4, 0.5) is 5.69 Å². The van der Waals surface area contributed by atoms with E-state index in [1.807, 2.05) is 18.3 Å². The summed E-state index contributed by atoms with van der Waals surface area (Å²) in [4.78, 5) is 7.00. The number of methoxy groups -OCH3 is 2. The zero-order valence-electron chi connectivity index (χ0n) is 17.1. The number of ether oxygens (including phenoxy) is 2. The summed E-state index contributed by atoms with van der Waals surface area (Å²) in [5.41, 5.74) is 2.90. The molecular formula is C21H33N3O2. The third-order valence-corrected chi connectivity index (χ3v) is 4.97. The van der Waals surface area contributed by atoms with Crippen molar-refractivity contribution >= 4 is 16.6 Å². The Kier molecular flexibility index (Phi) is 7.51. The Labute approximate surface area is 157 Å². The minimum atomic E-state index is 0.339. The van der Waals surface area contributed by atoms with Crippen molar-refractivity contribution in [2.24, 2.45) is 0 Å². The fourth-order valence-electron chi connectivity index (χ4n) is 3.41. The molecule has 26 heavy (non-hydrogen) atoms. The second-order valence-corrected chi connectivity index (χ2v) is 6.73. The Morgan fingerprint density at radius 1 is 1.19 bits per heavy atom. The van der Waals surface area contributed by atoms with Gasteiger partial charge in [0.05, 0.1) is 19.9 Å². The van der Waals surface area contributed by atoms with E-state index in [2.05, 4.69) is 42.9 Å². The SMILES string of the molecule is CCN(CC)CCCC(C)Nc1cc(OC)c2c(C)ccnc2c1OC. The summed E-state index contributed by atoms with van der Waals surface area (Å²) in [5, 5.41) is 4.60. The van der Waals surface area contributed by atoms with Crippen molar-refractivity contribution in [1.82, 2.24) is 9.88 Å². The van der Waals surface area contributed by atoms with Crippen LogP contribution in [-0.4, -0.2) is 49.8 Å². The molecule has 0 saturated carbocycles. The molecule has 2 aromatic rings. The molecule has 0 radical (unpaired) electrons. The molecule has 1 aromatic carbocycles. The molecule has 0 aliphatic heterocycles. The first kappa shape index (κ1) is 20.3. The van der Waals surface area contributed by atoms with Gasteiger partial charge in [-0.1, -0.05) is 13.8 Å². The van der Waals surface area contributed by atoms with E-state index < -0.39 is 0 Å². The second-order valence-electron chi connectivity index (χ2n) is 6.73. The topological polar surface area (TPSA) is 46.6 Å². The van der Waals surface area contributed by atoms with E-state index in [4.69, 9.17) is 9.47 Å². The smallest absolute Gasteiger partial charge is 0.168 e. The lowest BCUT2D eigenvalue weighted by molar-refractivity contribution is 0.295. The minimum absolute atomic E-state index is 0.339. The van der Waals surface area contributed by atoms with Gasteiger partial charge in [0.2, 0.25) is 0 Å². The number of hydrogen-bond acceptors (Lipinski definition) is 5. The quantitative estimate of drug-likeness (QED) is 0.677. The standard InChI is InChI=1S/C21H33N3O2/c1-7-24(8-2)13-9-10-16(4)23-17-14-18(25-5)19-15(3)11-12-22-20(19)21(17)26-6/h11-12,14,16,23H,7-10,13H2,1-6H3. The number of fused-ring (bicyclic) bond motifs is 1. The molecule has 0 amide bonds. The van der Waals surface area contributed by atoms with Crippen LogP contribution in [0.1, 0.15) is 39.2 Å². The molecule has 5 heteroatoms. The molecule has 5 nitrogen and oxygen atoms in total. The van der Waals surface area contributed by atoms with Gasteiger partial charge in [-0.15, -0.1) is 0 Å². The van der Waals surface area contributed by atoms with Gasteiger partial charge in [-0.3, -0.25) is 4.98 Å². The second kappa shape index (κ2) is 9.62. The predicted octanol–water partition coefficient (Wildman–Crippen LogP) is 4.48. The summed E-state index contributed by atoms with van der Waals surface area (Å²) in [6.45, 7) is 12.1. The summed E-state index contributed by atoms with van der Waals surface area (Å²) in [7, 11) is 3.40. The normalized spacial score (nSPS) is 12.4.